The van der Waals surface area contributed by atoms with E-state index in [9.17, 15) is 18.3 Å². The summed E-state index contributed by atoms with van der Waals surface area (Å²) < 4.78 is 38.6. The summed E-state index contributed by atoms with van der Waals surface area (Å²) in [4.78, 5) is 11.6. The van der Waals surface area contributed by atoms with E-state index in [1.165, 1.54) is 30.7 Å². The number of aliphatic carboxylic acids is 1. The van der Waals surface area contributed by atoms with Crippen molar-refractivity contribution in [2.45, 2.75) is 24.3 Å². The van der Waals surface area contributed by atoms with E-state index in [1.807, 2.05) is 6.92 Å². The van der Waals surface area contributed by atoms with Crippen LogP contribution in [0.15, 0.2) is 59.0 Å². The fourth-order valence-electron chi connectivity index (χ4n) is 3.33. The Labute approximate surface area is 170 Å². The molecule has 0 spiro atoms. The smallest absolute Gasteiger partial charge is 0.332 e. The highest BCUT2D eigenvalue weighted by Gasteiger charge is 2.36. The molecule has 0 fully saturated rings. The van der Waals surface area contributed by atoms with Crippen LogP contribution >= 0.6 is 0 Å². The van der Waals surface area contributed by atoms with Crippen LogP contribution in [0, 0.1) is 6.92 Å². The average molecular weight is 417 g/mol. The maximum Gasteiger partial charge on any atom is 0.332 e. The van der Waals surface area contributed by atoms with Gasteiger partial charge in [-0.05, 0) is 43.2 Å². The summed E-state index contributed by atoms with van der Waals surface area (Å²) in [6.45, 7) is 1.65. The van der Waals surface area contributed by atoms with Gasteiger partial charge in [0.15, 0.2) is 11.5 Å². The lowest BCUT2D eigenvalue weighted by Crippen LogP contribution is -2.39. The molecule has 0 amide bonds. The van der Waals surface area contributed by atoms with Crippen LogP contribution in [0.25, 0.3) is 0 Å². The zero-order chi connectivity index (χ0) is 21.2. The average Bonchev–Trinajstić information content (AvgIpc) is 2.73. The molecule has 1 aliphatic heterocycles. The molecule has 0 saturated heterocycles. The van der Waals surface area contributed by atoms with Gasteiger partial charge in [-0.3, -0.25) is 0 Å². The van der Waals surface area contributed by atoms with Gasteiger partial charge in [0.1, 0.15) is 0 Å². The predicted molar refractivity (Wildman–Crippen MR) is 108 cm³/mol. The minimum Gasteiger partial charge on any atom is -0.493 e. The second-order valence-electron chi connectivity index (χ2n) is 6.76. The number of sulfonamides is 1. The third kappa shape index (κ3) is 4.13. The van der Waals surface area contributed by atoms with Crippen molar-refractivity contribution in [3.63, 3.8) is 0 Å². The van der Waals surface area contributed by atoms with E-state index in [2.05, 4.69) is 0 Å². The summed E-state index contributed by atoms with van der Waals surface area (Å²) in [5.41, 5.74) is 1.68. The summed E-state index contributed by atoms with van der Waals surface area (Å²) in [6, 6.07) is 11.1. The lowest BCUT2D eigenvalue weighted by atomic mass is 9.98. The molecule has 0 radical (unpaired) electrons. The molecule has 1 aliphatic rings. The van der Waals surface area contributed by atoms with Gasteiger partial charge >= 0.3 is 5.97 Å². The molecule has 29 heavy (non-hydrogen) atoms. The number of rotatable bonds is 6. The van der Waals surface area contributed by atoms with Gasteiger partial charge in [-0.15, -0.1) is 0 Å². The molecule has 1 N–H and O–H groups in total. The zero-order valence-corrected chi connectivity index (χ0v) is 17.3. The van der Waals surface area contributed by atoms with Crippen molar-refractivity contribution < 1.29 is 27.8 Å². The van der Waals surface area contributed by atoms with Crippen LogP contribution in [0.2, 0.25) is 0 Å². The van der Waals surface area contributed by atoms with E-state index in [-0.39, 0.29) is 23.4 Å². The van der Waals surface area contributed by atoms with Gasteiger partial charge in [-0.25, -0.2) is 13.2 Å². The molecule has 154 valence electrons. The van der Waals surface area contributed by atoms with Crippen LogP contribution in [0.1, 0.15) is 23.6 Å². The second kappa shape index (κ2) is 8.26. The molecule has 0 saturated carbocycles. The van der Waals surface area contributed by atoms with Gasteiger partial charge in [0.2, 0.25) is 10.0 Å². The van der Waals surface area contributed by atoms with Gasteiger partial charge in [0.25, 0.3) is 0 Å². The minimum atomic E-state index is -3.92. The number of carboxylic acids is 1. The topological polar surface area (TPSA) is 93.1 Å². The first-order chi connectivity index (χ1) is 13.8. The van der Waals surface area contributed by atoms with Crippen molar-refractivity contribution in [3.8, 4) is 11.5 Å². The first-order valence-electron chi connectivity index (χ1n) is 9.00. The number of hydrogen-bond acceptors (Lipinski definition) is 5. The first-order valence-corrected chi connectivity index (χ1v) is 10.4. The van der Waals surface area contributed by atoms with E-state index in [0.717, 1.165) is 5.56 Å². The van der Waals surface area contributed by atoms with Gasteiger partial charge in [0.05, 0.1) is 25.2 Å². The summed E-state index contributed by atoms with van der Waals surface area (Å²) in [7, 11) is -0.893. The number of methoxy groups -OCH3 is 2. The van der Waals surface area contributed by atoms with Crippen molar-refractivity contribution in [1.29, 1.82) is 0 Å². The van der Waals surface area contributed by atoms with Crippen molar-refractivity contribution >= 4 is 16.0 Å². The van der Waals surface area contributed by atoms with E-state index < -0.39 is 22.0 Å². The van der Waals surface area contributed by atoms with Crippen molar-refractivity contribution in [1.82, 2.24) is 4.31 Å². The third-order valence-corrected chi connectivity index (χ3v) is 6.82. The molecular weight excluding hydrogens is 394 g/mol. The fraction of sp³-hybridized carbons (Fsp3) is 0.286. The number of benzene rings is 2. The molecule has 3 rings (SSSR count). The Hall–Kier alpha value is -2.84. The third-order valence-electron chi connectivity index (χ3n) is 4.96. The first kappa shape index (κ1) is 20.9. The molecular formula is C21H23NO6S. The van der Waals surface area contributed by atoms with Crippen LogP contribution < -0.4 is 9.47 Å². The zero-order valence-electron chi connectivity index (χ0n) is 16.5. The molecule has 7 nitrogen and oxygen atoms in total. The standard InChI is InChI=1S/C21H23NO6S/c1-14-4-8-17(9-5-14)29(25,26)22-13-16(21(23)24)6-10-18(22)15-7-11-19(27-2)20(12-15)28-3/h4-9,11-12,18H,10,13H2,1-3H3,(H,23,24)/t18-/m0/s1. The molecule has 0 bridgehead atoms. The van der Waals surface area contributed by atoms with Gasteiger partial charge in [-0.1, -0.05) is 29.8 Å². The summed E-state index contributed by atoms with van der Waals surface area (Å²) in [5, 5.41) is 9.41. The highest BCUT2D eigenvalue weighted by atomic mass is 32.2. The van der Waals surface area contributed by atoms with Gasteiger partial charge < -0.3 is 14.6 Å². The largest absolute Gasteiger partial charge is 0.493 e. The number of hydrogen-bond donors (Lipinski definition) is 1. The van der Waals surface area contributed by atoms with Gasteiger partial charge in [0, 0.05) is 12.1 Å². The minimum absolute atomic E-state index is 0.0532. The number of carboxylic acid groups (broad SMARTS) is 1. The van der Waals surface area contributed by atoms with Crippen LogP contribution in [-0.4, -0.2) is 44.6 Å². The Morgan fingerprint density at radius 3 is 2.31 bits per heavy atom. The molecule has 2 aromatic rings. The predicted octanol–water partition coefficient (Wildman–Crippen LogP) is 3.16. The van der Waals surface area contributed by atoms with Crippen molar-refractivity contribution in [2.75, 3.05) is 20.8 Å². The van der Waals surface area contributed by atoms with Crippen molar-refractivity contribution in [3.05, 3.63) is 65.2 Å². The van der Waals surface area contributed by atoms with E-state index in [1.54, 1.807) is 36.4 Å². The summed E-state index contributed by atoms with van der Waals surface area (Å²) in [5.74, 6) is -0.118. The molecule has 8 heteroatoms. The van der Waals surface area contributed by atoms with E-state index >= 15 is 0 Å². The quantitative estimate of drug-likeness (QED) is 0.776. The van der Waals surface area contributed by atoms with Crippen LogP contribution in [0.5, 0.6) is 11.5 Å². The SMILES string of the molecule is COc1ccc([C@@H]2CC=C(C(=O)O)CN2S(=O)(=O)c2ccc(C)cc2)cc1OC. The van der Waals surface area contributed by atoms with Crippen molar-refractivity contribution in [2.24, 2.45) is 0 Å². The van der Waals surface area contributed by atoms with E-state index in [0.29, 0.717) is 17.1 Å². The molecule has 0 aliphatic carbocycles. The lowest BCUT2D eigenvalue weighted by Gasteiger charge is -2.34. The molecule has 1 heterocycles. The summed E-state index contributed by atoms with van der Waals surface area (Å²) in [6.07, 6.45) is 1.81. The highest BCUT2D eigenvalue weighted by molar-refractivity contribution is 7.89. The molecule has 0 unspecified atom stereocenters. The maximum atomic E-state index is 13.4. The van der Waals surface area contributed by atoms with E-state index in [4.69, 9.17) is 9.47 Å². The Morgan fingerprint density at radius 1 is 1.07 bits per heavy atom. The maximum absolute atomic E-state index is 13.4. The molecule has 0 aromatic heterocycles. The summed E-state index contributed by atoms with van der Waals surface area (Å²) >= 11 is 0. The number of nitrogens with zero attached hydrogens (tertiary/aromatic N) is 1. The Bertz CT molecular complexity index is 1040. The van der Waals surface area contributed by atoms with Crippen LogP contribution in [0.3, 0.4) is 0 Å². The molecule has 1 atom stereocenters. The highest BCUT2D eigenvalue weighted by Crippen LogP contribution is 2.38. The van der Waals surface area contributed by atoms with Crippen LogP contribution in [-0.2, 0) is 14.8 Å². The van der Waals surface area contributed by atoms with Crippen LogP contribution in [0.4, 0.5) is 0 Å². The fourth-order valence-corrected chi connectivity index (χ4v) is 4.93. The Kier molecular flexibility index (Phi) is 5.95. The van der Waals surface area contributed by atoms with Gasteiger partial charge in [-0.2, -0.15) is 4.31 Å². The Balaban J connectivity index is 2.09. The normalized spacial score (nSPS) is 17.5. The number of ether oxygens (including phenoxy) is 2. The molecule has 2 aromatic carbocycles. The number of carbonyl (C=O) groups is 1. The Morgan fingerprint density at radius 2 is 1.72 bits per heavy atom. The number of aryl methyl sites for hydroxylation is 1. The lowest BCUT2D eigenvalue weighted by molar-refractivity contribution is -0.133. The second-order valence-corrected chi connectivity index (χ2v) is 8.65. The monoisotopic (exact) mass is 417 g/mol.